The molecule has 0 aliphatic carbocycles. The van der Waals surface area contributed by atoms with Crippen molar-refractivity contribution in [3.63, 3.8) is 0 Å². The van der Waals surface area contributed by atoms with Crippen LogP contribution in [-0.2, 0) is 11.2 Å². The van der Waals surface area contributed by atoms with E-state index in [4.69, 9.17) is 11.5 Å². The Morgan fingerprint density at radius 3 is 2.42 bits per heavy atom. The van der Waals surface area contributed by atoms with Crippen LogP contribution in [0.4, 0.5) is 5.69 Å². The summed E-state index contributed by atoms with van der Waals surface area (Å²) in [5, 5.41) is 0. The minimum absolute atomic E-state index is 0.256. The summed E-state index contributed by atoms with van der Waals surface area (Å²) in [5.74, 6) is 0.281. The molecule has 0 saturated carbocycles. The normalized spacial score (nSPS) is 11.2. The molecule has 0 radical (unpaired) electrons. The molecule has 1 rings (SSSR count). The molecule has 0 heterocycles. The molecule has 0 unspecified atom stereocenters. The number of hydrogen-bond acceptors (Lipinski definition) is 3. The molecule has 4 heteroatoms. The fraction of sp³-hybridized carbons (Fsp3) is 0.533. The second kappa shape index (κ2) is 7.79. The first-order valence-electron chi connectivity index (χ1n) is 6.82. The van der Waals surface area contributed by atoms with E-state index in [0.29, 0.717) is 12.5 Å². The minimum Gasteiger partial charge on any atom is -0.399 e. The van der Waals surface area contributed by atoms with Crippen molar-refractivity contribution in [2.24, 2.45) is 11.7 Å². The van der Waals surface area contributed by atoms with Crippen molar-refractivity contribution in [3.8, 4) is 0 Å². The van der Waals surface area contributed by atoms with E-state index in [0.717, 1.165) is 31.6 Å². The number of carbonyl (C=O) groups is 1. The molecule has 1 amide bonds. The Balaban J connectivity index is 2.38. The predicted octanol–water partition coefficient (Wildman–Crippen LogP) is 1.64. The zero-order chi connectivity index (χ0) is 14.3. The number of aryl methyl sites for hydroxylation is 1. The lowest BCUT2D eigenvalue weighted by atomic mass is 10.1. The van der Waals surface area contributed by atoms with Gasteiger partial charge in [0.05, 0.1) is 6.54 Å². The lowest BCUT2D eigenvalue weighted by molar-refractivity contribution is -0.119. The van der Waals surface area contributed by atoms with Crippen LogP contribution >= 0.6 is 0 Å². The van der Waals surface area contributed by atoms with Crippen molar-refractivity contribution in [3.05, 3.63) is 29.8 Å². The van der Waals surface area contributed by atoms with Crippen LogP contribution in [0.5, 0.6) is 0 Å². The van der Waals surface area contributed by atoms with Gasteiger partial charge in [0.2, 0.25) is 5.91 Å². The van der Waals surface area contributed by atoms with Crippen LogP contribution in [0.3, 0.4) is 0 Å². The SMILES string of the molecule is CC(C)CN(CCCc1ccc(N)cc1)CC(N)=O. The number of nitrogens with two attached hydrogens (primary N) is 2. The molecular weight excluding hydrogens is 238 g/mol. The smallest absolute Gasteiger partial charge is 0.231 e. The lowest BCUT2D eigenvalue weighted by Crippen LogP contribution is -2.37. The number of carbonyl (C=O) groups excluding carboxylic acids is 1. The van der Waals surface area contributed by atoms with Crippen molar-refractivity contribution < 1.29 is 4.79 Å². The van der Waals surface area contributed by atoms with Crippen LogP contribution < -0.4 is 11.5 Å². The minimum atomic E-state index is -0.256. The van der Waals surface area contributed by atoms with Crippen LogP contribution in [0.1, 0.15) is 25.8 Å². The van der Waals surface area contributed by atoms with Gasteiger partial charge in [0.1, 0.15) is 0 Å². The molecule has 0 spiro atoms. The maximum absolute atomic E-state index is 11.0. The first-order chi connectivity index (χ1) is 8.97. The summed E-state index contributed by atoms with van der Waals surface area (Å²) in [5.41, 5.74) is 13.0. The molecule has 106 valence electrons. The standard InChI is InChI=1S/C15H25N3O/c1-12(2)10-18(11-15(17)19)9-3-4-13-5-7-14(16)8-6-13/h5-8,12H,3-4,9-11,16H2,1-2H3,(H2,17,19). The van der Waals surface area contributed by atoms with Gasteiger partial charge < -0.3 is 11.5 Å². The maximum atomic E-state index is 11.0. The van der Waals surface area contributed by atoms with Gasteiger partial charge in [0.25, 0.3) is 0 Å². The van der Waals surface area contributed by atoms with E-state index in [2.05, 4.69) is 30.9 Å². The number of nitrogen functional groups attached to an aromatic ring is 1. The molecule has 4 N–H and O–H groups in total. The van der Waals surface area contributed by atoms with Gasteiger partial charge in [-0.2, -0.15) is 0 Å². The monoisotopic (exact) mass is 263 g/mol. The highest BCUT2D eigenvalue weighted by molar-refractivity contribution is 5.75. The third-order valence-electron chi connectivity index (χ3n) is 2.92. The number of rotatable bonds is 8. The summed E-state index contributed by atoms with van der Waals surface area (Å²) < 4.78 is 0. The van der Waals surface area contributed by atoms with Crippen LogP contribution in [0.2, 0.25) is 0 Å². The summed E-state index contributed by atoms with van der Waals surface area (Å²) in [6, 6.07) is 7.95. The fourth-order valence-electron chi connectivity index (χ4n) is 2.16. The molecule has 0 atom stereocenters. The van der Waals surface area contributed by atoms with Gasteiger partial charge in [-0.15, -0.1) is 0 Å². The quantitative estimate of drug-likeness (QED) is 0.700. The van der Waals surface area contributed by atoms with Gasteiger partial charge in [-0.1, -0.05) is 26.0 Å². The van der Waals surface area contributed by atoms with E-state index in [1.54, 1.807) is 0 Å². The Kier molecular flexibility index (Phi) is 6.36. The molecule has 0 bridgehead atoms. The third-order valence-corrected chi connectivity index (χ3v) is 2.92. The Bertz CT molecular complexity index is 387. The predicted molar refractivity (Wildman–Crippen MR) is 79.6 cm³/mol. The second-order valence-corrected chi connectivity index (χ2v) is 5.44. The highest BCUT2D eigenvalue weighted by Crippen LogP contribution is 2.08. The molecule has 0 aromatic heterocycles. The van der Waals surface area contributed by atoms with Gasteiger partial charge in [0.15, 0.2) is 0 Å². The number of amides is 1. The summed E-state index contributed by atoms with van der Waals surface area (Å²) >= 11 is 0. The summed E-state index contributed by atoms with van der Waals surface area (Å²) in [6.45, 7) is 6.44. The number of anilines is 1. The Hall–Kier alpha value is -1.55. The Labute approximate surface area is 115 Å². The summed E-state index contributed by atoms with van der Waals surface area (Å²) in [7, 11) is 0. The van der Waals surface area contributed by atoms with E-state index in [-0.39, 0.29) is 5.91 Å². The van der Waals surface area contributed by atoms with Crippen molar-refractivity contribution in [1.29, 1.82) is 0 Å². The maximum Gasteiger partial charge on any atom is 0.231 e. The van der Waals surface area contributed by atoms with Gasteiger partial charge in [0, 0.05) is 12.2 Å². The van der Waals surface area contributed by atoms with Crippen molar-refractivity contribution >= 4 is 11.6 Å². The summed E-state index contributed by atoms with van der Waals surface area (Å²) in [4.78, 5) is 13.2. The fourth-order valence-corrected chi connectivity index (χ4v) is 2.16. The van der Waals surface area contributed by atoms with E-state index in [9.17, 15) is 4.79 Å². The molecular formula is C15H25N3O. The van der Waals surface area contributed by atoms with Gasteiger partial charge in [-0.25, -0.2) is 0 Å². The molecule has 0 aliphatic rings. The Morgan fingerprint density at radius 2 is 1.89 bits per heavy atom. The lowest BCUT2D eigenvalue weighted by Gasteiger charge is -2.22. The van der Waals surface area contributed by atoms with Crippen LogP contribution in [0.15, 0.2) is 24.3 Å². The topological polar surface area (TPSA) is 72.3 Å². The Morgan fingerprint density at radius 1 is 1.26 bits per heavy atom. The average molecular weight is 263 g/mol. The molecule has 1 aromatic rings. The number of hydrogen-bond donors (Lipinski definition) is 2. The molecule has 19 heavy (non-hydrogen) atoms. The van der Waals surface area contributed by atoms with Crippen LogP contribution in [-0.4, -0.2) is 30.4 Å². The van der Waals surface area contributed by atoms with E-state index in [1.165, 1.54) is 5.56 Å². The van der Waals surface area contributed by atoms with Crippen molar-refractivity contribution in [1.82, 2.24) is 4.90 Å². The second-order valence-electron chi connectivity index (χ2n) is 5.44. The average Bonchev–Trinajstić information content (AvgIpc) is 2.30. The molecule has 0 fully saturated rings. The van der Waals surface area contributed by atoms with E-state index in [1.807, 2.05) is 12.1 Å². The zero-order valence-corrected chi connectivity index (χ0v) is 11.9. The third kappa shape index (κ3) is 6.82. The molecule has 1 aromatic carbocycles. The molecule has 0 aliphatic heterocycles. The number of primary amides is 1. The van der Waals surface area contributed by atoms with Crippen molar-refractivity contribution in [2.45, 2.75) is 26.7 Å². The largest absolute Gasteiger partial charge is 0.399 e. The number of benzene rings is 1. The van der Waals surface area contributed by atoms with Crippen LogP contribution in [0.25, 0.3) is 0 Å². The van der Waals surface area contributed by atoms with Crippen LogP contribution in [0, 0.1) is 5.92 Å². The first kappa shape index (κ1) is 15.5. The molecule has 0 saturated heterocycles. The zero-order valence-electron chi connectivity index (χ0n) is 11.9. The summed E-state index contributed by atoms with van der Waals surface area (Å²) in [6.07, 6.45) is 2.01. The number of nitrogens with zero attached hydrogens (tertiary/aromatic N) is 1. The van der Waals surface area contributed by atoms with Crippen molar-refractivity contribution in [2.75, 3.05) is 25.4 Å². The highest BCUT2D eigenvalue weighted by Gasteiger charge is 2.09. The highest BCUT2D eigenvalue weighted by atomic mass is 16.1. The van der Waals surface area contributed by atoms with E-state index < -0.39 is 0 Å². The van der Waals surface area contributed by atoms with Gasteiger partial charge in [-0.05, 0) is 43.0 Å². The molecule has 4 nitrogen and oxygen atoms in total. The van der Waals surface area contributed by atoms with Gasteiger partial charge in [-0.3, -0.25) is 9.69 Å². The van der Waals surface area contributed by atoms with E-state index >= 15 is 0 Å². The first-order valence-corrected chi connectivity index (χ1v) is 6.82. The van der Waals surface area contributed by atoms with Gasteiger partial charge >= 0.3 is 0 Å².